The van der Waals surface area contributed by atoms with E-state index in [4.69, 9.17) is 18.9 Å². The number of benzene rings is 2. The Morgan fingerprint density at radius 2 is 1.81 bits per heavy atom. The van der Waals surface area contributed by atoms with Gasteiger partial charge in [0.05, 0.1) is 13.7 Å². The topological polar surface area (TPSA) is 57.2 Å². The summed E-state index contributed by atoms with van der Waals surface area (Å²) in [5.41, 5.74) is 2.58. The summed E-state index contributed by atoms with van der Waals surface area (Å²) in [7, 11) is 3.13. The molecular weight excluding hydrogens is 332 g/mol. The van der Waals surface area contributed by atoms with Gasteiger partial charge in [0.1, 0.15) is 6.10 Å². The first-order valence-corrected chi connectivity index (χ1v) is 8.84. The molecule has 0 radical (unpaired) electrons. The maximum absolute atomic E-state index is 10.8. The fraction of sp³-hybridized carbons (Fsp3) is 0.429. The first-order chi connectivity index (χ1) is 12.7. The van der Waals surface area contributed by atoms with Gasteiger partial charge in [-0.25, -0.2) is 0 Å². The van der Waals surface area contributed by atoms with E-state index in [2.05, 4.69) is 6.92 Å². The molecule has 1 atom stereocenters. The summed E-state index contributed by atoms with van der Waals surface area (Å²) in [5.74, 6) is 1.13. The number of aliphatic hydroxyl groups is 1. The molecule has 5 heteroatoms. The Morgan fingerprint density at radius 3 is 2.54 bits per heavy atom. The van der Waals surface area contributed by atoms with Crippen molar-refractivity contribution in [1.29, 1.82) is 0 Å². The van der Waals surface area contributed by atoms with Crippen molar-refractivity contribution in [3.05, 3.63) is 59.2 Å². The summed E-state index contributed by atoms with van der Waals surface area (Å²) in [6.07, 6.45) is 1.41. The predicted molar refractivity (Wildman–Crippen MR) is 101 cm³/mol. The minimum atomic E-state index is -0.763. The van der Waals surface area contributed by atoms with Crippen LogP contribution < -0.4 is 9.47 Å². The van der Waals surface area contributed by atoms with E-state index < -0.39 is 6.10 Å². The standard InChI is InChI=1S/C21H28O5/c1-4-5-11-25-14-16-7-6-8-17(12-16)21(22)18-9-10-19(24-3)20(13-18)26-15-23-2/h6-10,12-13,21-22H,4-5,11,14-15H2,1-3H3. The first kappa shape index (κ1) is 20.2. The van der Waals surface area contributed by atoms with Crippen LogP contribution in [-0.2, 0) is 16.1 Å². The number of hydrogen-bond acceptors (Lipinski definition) is 5. The van der Waals surface area contributed by atoms with E-state index in [-0.39, 0.29) is 6.79 Å². The Morgan fingerprint density at radius 1 is 1.00 bits per heavy atom. The van der Waals surface area contributed by atoms with E-state index in [9.17, 15) is 5.11 Å². The van der Waals surface area contributed by atoms with Crippen molar-refractivity contribution in [2.75, 3.05) is 27.6 Å². The van der Waals surface area contributed by atoms with Gasteiger partial charge in [-0.2, -0.15) is 0 Å². The highest BCUT2D eigenvalue weighted by molar-refractivity contribution is 5.45. The molecule has 0 spiro atoms. The fourth-order valence-corrected chi connectivity index (χ4v) is 2.58. The zero-order valence-electron chi connectivity index (χ0n) is 15.7. The minimum absolute atomic E-state index is 0.112. The Bertz CT molecular complexity index is 671. The van der Waals surface area contributed by atoms with Gasteiger partial charge >= 0.3 is 0 Å². The van der Waals surface area contributed by atoms with Crippen molar-refractivity contribution in [2.45, 2.75) is 32.5 Å². The van der Waals surface area contributed by atoms with E-state index in [1.165, 1.54) is 0 Å². The lowest BCUT2D eigenvalue weighted by Gasteiger charge is -2.16. The average Bonchev–Trinajstić information content (AvgIpc) is 2.69. The third-order valence-electron chi connectivity index (χ3n) is 4.01. The maximum Gasteiger partial charge on any atom is 0.188 e. The van der Waals surface area contributed by atoms with Crippen molar-refractivity contribution >= 4 is 0 Å². The van der Waals surface area contributed by atoms with Gasteiger partial charge in [-0.05, 0) is 35.2 Å². The molecular formula is C21H28O5. The largest absolute Gasteiger partial charge is 0.493 e. The van der Waals surface area contributed by atoms with E-state index >= 15 is 0 Å². The smallest absolute Gasteiger partial charge is 0.188 e. The van der Waals surface area contributed by atoms with Crippen LogP contribution in [0.3, 0.4) is 0 Å². The molecule has 2 aromatic carbocycles. The monoisotopic (exact) mass is 360 g/mol. The van der Waals surface area contributed by atoms with E-state index in [1.807, 2.05) is 30.3 Å². The van der Waals surface area contributed by atoms with Gasteiger partial charge in [-0.3, -0.25) is 0 Å². The molecule has 0 saturated heterocycles. The molecule has 2 aromatic rings. The molecule has 142 valence electrons. The van der Waals surface area contributed by atoms with E-state index in [0.29, 0.717) is 18.1 Å². The number of hydrogen-bond donors (Lipinski definition) is 1. The summed E-state index contributed by atoms with van der Waals surface area (Å²) in [6.45, 7) is 3.55. The Balaban J connectivity index is 2.13. The average molecular weight is 360 g/mol. The molecule has 0 saturated carbocycles. The van der Waals surface area contributed by atoms with Crippen molar-refractivity contribution in [2.24, 2.45) is 0 Å². The van der Waals surface area contributed by atoms with E-state index in [0.717, 1.165) is 36.1 Å². The third kappa shape index (κ3) is 5.73. The molecule has 0 heterocycles. The number of methoxy groups -OCH3 is 2. The van der Waals surface area contributed by atoms with Crippen LogP contribution in [0.4, 0.5) is 0 Å². The summed E-state index contributed by atoms with van der Waals surface area (Å²) in [4.78, 5) is 0. The minimum Gasteiger partial charge on any atom is -0.493 e. The van der Waals surface area contributed by atoms with Crippen LogP contribution in [0.5, 0.6) is 11.5 Å². The first-order valence-electron chi connectivity index (χ1n) is 8.84. The lowest BCUT2D eigenvalue weighted by Crippen LogP contribution is -2.05. The van der Waals surface area contributed by atoms with Crippen LogP contribution in [0.15, 0.2) is 42.5 Å². The van der Waals surface area contributed by atoms with Gasteiger partial charge in [0.15, 0.2) is 18.3 Å². The number of aliphatic hydroxyl groups excluding tert-OH is 1. The van der Waals surface area contributed by atoms with E-state index in [1.54, 1.807) is 26.4 Å². The number of unbranched alkanes of at least 4 members (excludes halogenated alkanes) is 1. The maximum atomic E-state index is 10.8. The Labute approximate surface area is 155 Å². The Kier molecular flexibility index (Phi) is 8.41. The lowest BCUT2D eigenvalue weighted by molar-refractivity contribution is 0.0489. The summed E-state index contributed by atoms with van der Waals surface area (Å²) in [5, 5.41) is 10.8. The van der Waals surface area contributed by atoms with Gasteiger partial charge in [0.2, 0.25) is 0 Å². The summed E-state index contributed by atoms with van der Waals surface area (Å²) >= 11 is 0. The molecule has 0 aliphatic carbocycles. The molecule has 5 nitrogen and oxygen atoms in total. The molecule has 0 aliphatic rings. The van der Waals surface area contributed by atoms with Crippen molar-refractivity contribution in [3.8, 4) is 11.5 Å². The van der Waals surface area contributed by atoms with Crippen LogP contribution in [0.2, 0.25) is 0 Å². The zero-order chi connectivity index (χ0) is 18.8. The second-order valence-corrected chi connectivity index (χ2v) is 6.01. The van der Waals surface area contributed by atoms with Crippen LogP contribution in [0.1, 0.15) is 42.6 Å². The summed E-state index contributed by atoms with van der Waals surface area (Å²) < 4.78 is 21.4. The Hall–Kier alpha value is -2.08. The van der Waals surface area contributed by atoms with Crippen molar-refractivity contribution in [3.63, 3.8) is 0 Å². The SMILES string of the molecule is CCCCOCc1cccc(C(O)c2ccc(OC)c(OCOC)c2)c1. The van der Waals surface area contributed by atoms with Crippen molar-refractivity contribution in [1.82, 2.24) is 0 Å². The second-order valence-electron chi connectivity index (χ2n) is 6.01. The van der Waals surface area contributed by atoms with Gasteiger partial charge in [-0.15, -0.1) is 0 Å². The van der Waals surface area contributed by atoms with Gasteiger partial charge < -0.3 is 24.1 Å². The lowest BCUT2D eigenvalue weighted by atomic mass is 9.99. The molecule has 0 bridgehead atoms. The normalized spacial score (nSPS) is 12.0. The molecule has 1 N–H and O–H groups in total. The second kappa shape index (κ2) is 10.8. The van der Waals surface area contributed by atoms with Crippen LogP contribution in [0.25, 0.3) is 0 Å². The quantitative estimate of drug-likeness (QED) is 0.483. The van der Waals surface area contributed by atoms with Crippen LogP contribution in [-0.4, -0.2) is 32.7 Å². The molecule has 1 unspecified atom stereocenters. The molecule has 2 rings (SSSR count). The highest BCUT2D eigenvalue weighted by Gasteiger charge is 2.14. The van der Waals surface area contributed by atoms with Gasteiger partial charge in [0.25, 0.3) is 0 Å². The highest BCUT2D eigenvalue weighted by atomic mass is 16.7. The molecule has 0 aromatic heterocycles. The van der Waals surface area contributed by atoms with Gasteiger partial charge in [-0.1, -0.05) is 43.7 Å². The molecule has 26 heavy (non-hydrogen) atoms. The predicted octanol–water partition coefficient (Wildman–Crippen LogP) is 4.08. The van der Waals surface area contributed by atoms with Crippen molar-refractivity contribution < 1.29 is 24.1 Å². The molecule has 0 aliphatic heterocycles. The zero-order valence-corrected chi connectivity index (χ0v) is 15.7. The fourth-order valence-electron chi connectivity index (χ4n) is 2.58. The van der Waals surface area contributed by atoms with Crippen LogP contribution in [0, 0.1) is 0 Å². The number of rotatable bonds is 11. The highest BCUT2D eigenvalue weighted by Crippen LogP contribution is 2.32. The summed E-state index contributed by atoms with van der Waals surface area (Å²) in [6, 6.07) is 13.2. The third-order valence-corrected chi connectivity index (χ3v) is 4.01. The molecule has 0 fully saturated rings. The number of ether oxygens (including phenoxy) is 4. The van der Waals surface area contributed by atoms with Crippen LogP contribution >= 0.6 is 0 Å². The molecule has 0 amide bonds. The van der Waals surface area contributed by atoms with Gasteiger partial charge in [0, 0.05) is 13.7 Å².